The number of aromatic nitrogens is 3. The standard InChI is InChI=1S/C12H9BrN4OS/c1-17-5-4-14-10(17)11(18)16-12-15-8-3-2-7(13)6-9(8)19-12/h2-6H,1H3,(H,15,16,18). The summed E-state index contributed by atoms with van der Waals surface area (Å²) < 4.78 is 3.68. The Morgan fingerprint density at radius 1 is 1.47 bits per heavy atom. The number of carbonyl (C=O) groups is 1. The second-order valence-electron chi connectivity index (χ2n) is 3.95. The molecule has 0 saturated carbocycles. The third-order valence-electron chi connectivity index (χ3n) is 2.60. The minimum atomic E-state index is -0.259. The summed E-state index contributed by atoms with van der Waals surface area (Å²) >= 11 is 4.84. The van der Waals surface area contributed by atoms with Crippen LogP contribution in [0.2, 0.25) is 0 Å². The Bertz CT molecular complexity index is 764. The Labute approximate surface area is 121 Å². The van der Waals surface area contributed by atoms with Gasteiger partial charge in [0.25, 0.3) is 5.91 Å². The molecule has 0 atom stereocenters. The summed E-state index contributed by atoms with van der Waals surface area (Å²) in [5, 5.41) is 3.33. The minimum absolute atomic E-state index is 0.259. The van der Waals surface area contributed by atoms with E-state index in [2.05, 4.69) is 31.2 Å². The molecule has 1 amide bonds. The molecule has 0 aliphatic carbocycles. The van der Waals surface area contributed by atoms with Gasteiger partial charge in [-0.15, -0.1) is 0 Å². The van der Waals surface area contributed by atoms with E-state index in [1.54, 1.807) is 24.0 Å². The lowest BCUT2D eigenvalue weighted by Gasteiger charge is -2.00. The Morgan fingerprint density at radius 3 is 3.05 bits per heavy atom. The number of nitrogens with one attached hydrogen (secondary N) is 1. The van der Waals surface area contributed by atoms with Gasteiger partial charge in [0, 0.05) is 23.9 Å². The van der Waals surface area contributed by atoms with Crippen LogP contribution >= 0.6 is 27.3 Å². The molecule has 3 aromatic rings. The summed E-state index contributed by atoms with van der Waals surface area (Å²) in [5.41, 5.74) is 0.864. The van der Waals surface area contributed by atoms with Crippen LogP contribution in [0.15, 0.2) is 35.1 Å². The van der Waals surface area contributed by atoms with E-state index in [9.17, 15) is 4.79 Å². The number of halogens is 1. The van der Waals surface area contributed by atoms with E-state index in [0.717, 1.165) is 14.7 Å². The lowest BCUT2D eigenvalue weighted by molar-refractivity contribution is 0.101. The molecule has 0 saturated heterocycles. The summed E-state index contributed by atoms with van der Waals surface area (Å²) in [6.07, 6.45) is 3.31. The van der Waals surface area contributed by atoms with Crippen LogP contribution in [0.25, 0.3) is 10.2 Å². The Morgan fingerprint density at radius 2 is 2.32 bits per heavy atom. The number of fused-ring (bicyclic) bond motifs is 1. The van der Waals surface area contributed by atoms with E-state index < -0.39 is 0 Å². The molecule has 0 fully saturated rings. The summed E-state index contributed by atoms with van der Waals surface area (Å²) in [7, 11) is 1.78. The lowest BCUT2D eigenvalue weighted by Crippen LogP contribution is -2.16. The van der Waals surface area contributed by atoms with Crippen molar-refractivity contribution in [1.82, 2.24) is 14.5 Å². The van der Waals surface area contributed by atoms with Gasteiger partial charge in [-0.1, -0.05) is 27.3 Å². The van der Waals surface area contributed by atoms with Crippen LogP contribution in [0.4, 0.5) is 5.13 Å². The zero-order valence-electron chi connectivity index (χ0n) is 9.92. The number of thiazole rings is 1. The molecule has 2 heterocycles. The molecule has 0 bridgehead atoms. The molecule has 0 spiro atoms. The van der Waals surface area contributed by atoms with Gasteiger partial charge >= 0.3 is 0 Å². The predicted octanol–water partition coefficient (Wildman–Crippen LogP) is 3.04. The molecular weight excluding hydrogens is 328 g/mol. The van der Waals surface area contributed by atoms with Crippen LogP contribution in [-0.2, 0) is 7.05 Å². The van der Waals surface area contributed by atoms with Gasteiger partial charge in [-0.3, -0.25) is 10.1 Å². The van der Waals surface area contributed by atoms with Crippen molar-refractivity contribution < 1.29 is 4.79 Å². The summed E-state index contributed by atoms with van der Waals surface area (Å²) in [5.74, 6) is 0.103. The first-order valence-electron chi connectivity index (χ1n) is 5.48. The zero-order chi connectivity index (χ0) is 13.4. The molecule has 0 radical (unpaired) electrons. The fourth-order valence-corrected chi connectivity index (χ4v) is 3.10. The van der Waals surface area contributed by atoms with Crippen LogP contribution < -0.4 is 5.32 Å². The van der Waals surface area contributed by atoms with Crippen molar-refractivity contribution in [1.29, 1.82) is 0 Å². The average molecular weight is 337 g/mol. The van der Waals surface area contributed by atoms with Gasteiger partial charge in [-0.25, -0.2) is 9.97 Å². The maximum Gasteiger partial charge on any atom is 0.293 e. The highest BCUT2D eigenvalue weighted by Crippen LogP contribution is 2.28. The van der Waals surface area contributed by atoms with E-state index in [4.69, 9.17) is 0 Å². The quantitative estimate of drug-likeness (QED) is 0.782. The van der Waals surface area contributed by atoms with Crippen molar-refractivity contribution in [2.45, 2.75) is 0 Å². The highest BCUT2D eigenvalue weighted by Gasteiger charge is 2.13. The largest absolute Gasteiger partial charge is 0.330 e. The average Bonchev–Trinajstić information content (AvgIpc) is 2.94. The first kappa shape index (κ1) is 12.3. The minimum Gasteiger partial charge on any atom is -0.330 e. The molecule has 96 valence electrons. The predicted molar refractivity (Wildman–Crippen MR) is 78.5 cm³/mol. The molecular formula is C12H9BrN4OS. The summed E-state index contributed by atoms with van der Waals surface area (Å²) in [4.78, 5) is 20.4. The number of amides is 1. The number of benzene rings is 1. The number of nitrogens with zero attached hydrogens (tertiary/aromatic N) is 3. The zero-order valence-corrected chi connectivity index (χ0v) is 12.3. The van der Waals surface area contributed by atoms with Gasteiger partial charge in [0.05, 0.1) is 10.2 Å². The Hall–Kier alpha value is -1.73. The number of imidazole rings is 1. The fraction of sp³-hybridized carbons (Fsp3) is 0.0833. The van der Waals surface area contributed by atoms with Crippen LogP contribution in [0.1, 0.15) is 10.6 Å². The van der Waals surface area contributed by atoms with Gasteiger partial charge in [0.2, 0.25) is 0 Å². The molecule has 7 heteroatoms. The lowest BCUT2D eigenvalue weighted by atomic mass is 10.3. The third kappa shape index (κ3) is 2.39. The van der Waals surface area contributed by atoms with Crippen LogP contribution in [0.5, 0.6) is 0 Å². The number of anilines is 1. The molecule has 3 rings (SSSR count). The number of rotatable bonds is 2. The van der Waals surface area contributed by atoms with Gasteiger partial charge < -0.3 is 4.57 Å². The van der Waals surface area contributed by atoms with Crippen molar-refractivity contribution in [3.8, 4) is 0 Å². The molecule has 0 unspecified atom stereocenters. The second-order valence-corrected chi connectivity index (χ2v) is 5.89. The fourth-order valence-electron chi connectivity index (χ4n) is 1.69. The van der Waals surface area contributed by atoms with E-state index in [-0.39, 0.29) is 5.91 Å². The normalized spacial score (nSPS) is 10.8. The van der Waals surface area contributed by atoms with Crippen LogP contribution in [0.3, 0.4) is 0 Å². The number of carbonyl (C=O) groups excluding carboxylic acids is 1. The monoisotopic (exact) mass is 336 g/mol. The van der Waals surface area contributed by atoms with Crippen LogP contribution in [0, 0.1) is 0 Å². The van der Waals surface area contributed by atoms with E-state index in [1.807, 2.05) is 18.2 Å². The highest BCUT2D eigenvalue weighted by atomic mass is 79.9. The molecule has 2 aromatic heterocycles. The number of hydrogen-bond acceptors (Lipinski definition) is 4. The molecule has 0 aliphatic rings. The van der Waals surface area contributed by atoms with Crippen molar-refractivity contribution in [2.24, 2.45) is 7.05 Å². The molecule has 5 nitrogen and oxygen atoms in total. The Kier molecular flexibility index (Phi) is 3.08. The van der Waals surface area contributed by atoms with E-state index in [1.165, 1.54) is 11.3 Å². The third-order valence-corrected chi connectivity index (χ3v) is 4.02. The van der Waals surface area contributed by atoms with Crippen molar-refractivity contribution >= 4 is 48.5 Å². The van der Waals surface area contributed by atoms with Crippen molar-refractivity contribution in [3.63, 3.8) is 0 Å². The topological polar surface area (TPSA) is 59.8 Å². The Balaban J connectivity index is 1.89. The first-order valence-corrected chi connectivity index (χ1v) is 7.09. The molecule has 0 aliphatic heterocycles. The van der Waals surface area contributed by atoms with E-state index in [0.29, 0.717) is 11.0 Å². The van der Waals surface area contributed by atoms with Gasteiger partial charge in [0.1, 0.15) is 0 Å². The maximum atomic E-state index is 12.0. The maximum absolute atomic E-state index is 12.0. The second kappa shape index (κ2) is 4.75. The van der Waals surface area contributed by atoms with E-state index >= 15 is 0 Å². The molecule has 19 heavy (non-hydrogen) atoms. The number of hydrogen-bond donors (Lipinski definition) is 1. The molecule has 1 N–H and O–H groups in total. The SMILES string of the molecule is Cn1ccnc1C(=O)Nc1nc2ccc(Br)cc2s1. The van der Waals surface area contributed by atoms with Gasteiger partial charge in [0.15, 0.2) is 11.0 Å². The molecule has 1 aromatic carbocycles. The number of aryl methyl sites for hydroxylation is 1. The van der Waals surface area contributed by atoms with Crippen molar-refractivity contribution in [2.75, 3.05) is 5.32 Å². The van der Waals surface area contributed by atoms with Crippen molar-refractivity contribution in [3.05, 3.63) is 40.9 Å². The van der Waals surface area contributed by atoms with Gasteiger partial charge in [-0.05, 0) is 18.2 Å². The highest BCUT2D eigenvalue weighted by molar-refractivity contribution is 9.10. The van der Waals surface area contributed by atoms with Crippen LogP contribution in [-0.4, -0.2) is 20.4 Å². The first-order chi connectivity index (χ1) is 9.13. The smallest absolute Gasteiger partial charge is 0.293 e. The summed E-state index contributed by atoms with van der Waals surface area (Å²) in [6, 6.07) is 5.81. The summed E-state index contributed by atoms with van der Waals surface area (Å²) in [6.45, 7) is 0. The van der Waals surface area contributed by atoms with Gasteiger partial charge in [-0.2, -0.15) is 0 Å².